The number of nitrogens with zero attached hydrogens (tertiary/aromatic N) is 4. The molecule has 26 heavy (non-hydrogen) atoms. The molecule has 1 amide bonds. The van der Waals surface area contributed by atoms with Crippen molar-refractivity contribution in [1.82, 2.24) is 9.88 Å². The van der Waals surface area contributed by atoms with Crippen LogP contribution in [0.25, 0.3) is 0 Å². The van der Waals surface area contributed by atoms with E-state index < -0.39 is 10.0 Å². The van der Waals surface area contributed by atoms with Crippen LogP contribution in [-0.2, 0) is 14.8 Å². The molecule has 1 aromatic carbocycles. The van der Waals surface area contributed by atoms with E-state index in [-0.39, 0.29) is 12.5 Å². The van der Waals surface area contributed by atoms with Crippen LogP contribution in [0, 0.1) is 0 Å². The van der Waals surface area contributed by atoms with Crippen LogP contribution in [-0.4, -0.2) is 63.2 Å². The largest absolute Gasteiger partial charge is 0.353 e. The highest BCUT2D eigenvalue weighted by Gasteiger charge is 2.26. The highest BCUT2D eigenvalue weighted by Crippen LogP contribution is 2.18. The van der Waals surface area contributed by atoms with Crippen LogP contribution in [0.3, 0.4) is 0 Å². The van der Waals surface area contributed by atoms with Gasteiger partial charge < -0.3 is 9.80 Å². The Hall–Kier alpha value is -2.61. The van der Waals surface area contributed by atoms with Gasteiger partial charge in [0.05, 0.1) is 11.9 Å². The molecule has 2 aromatic rings. The average Bonchev–Trinajstić information content (AvgIpc) is 2.66. The number of amides is 1. The van der Waals surface area contributed by atoms with Crippen LogP contribution in [0.2, 0.25) is 0 Å². The monoisotopic (exact) mass is 374 g/mol. The molecule has 1 aliphatic rings. The van der Waals surface area contributed by atoms with Gasteiger partial charge in [0.15, 0.2) is 0 Å². The quantitative estimate of drug-likeness (QED) is 0.786. The molecule has 0 radical (unpaired) electrons. The van der Waals surface area contributed by atoms with Crippen LogP contribution in [0.4, 0.5) is 11.5 Å². The molecule has 1 fully saturated rings. The Morgan fingerprint density at radius 2 is 1.69 bits per heavy atom. The van der Waals surface area contributed by atoms with Crippen LogP contribution in [0.1, 0.15) is 0 Å². The first-order chi connectivity index (χ1) is 12.4. The summed E-state index contributed by atoms with van der Waals surface area (Å²) in [6.45, 7) is 2.25. The molecule has 2 heterocycles. The second kappa shape index (κ2) is 7.74. The second-order valence-electron chi connectivity index (χ2n) is 6.16. The molecular formula is C18H22N4O3S. The Morgan fingerprint density at radius 3 is 2.27 bits per heavy atom. The van der Waals surface area contributed by atoms with E-state index in [1.807, 2.05) is 24.3 Å². The SMILES string of the molecule is CS(=O)(=O)N(CC(=O)N1CCN(c2ccccn2)CC1)c1ccccc1. The van der Waals surface area contributed by atoms with Gasteiger partial charge in [-0.25, -0.2) is 13.4 Å². The summed E-state index contributed by atoms with van der Waals surface area (Å²) in [5.41, 5.74) is 0.496. The highest BCUT2D eigenvalue weighted by molar-refractivity contribution is 7.92. The number of carbonyl (C=O) groups excluding carboxylic acids is 1. The molecule has 3 rings (SSSR count). The van der Waals surface area contributed by atoms with Gasteiger partial charge in [-0.05, 0) is 24.3 Å². The molecule has 0 N–H and O–H groups in total. The topological polar surface area (TPSA) is 73.8 Å². The van der Waals surface area contributed by atoms with E-state index in [4.69, 9.17) is 0 Å². The number of hydrogen-bond donors (Lipinski definition) is 0. The highest BCUT2D eigenvalue weighted by atomic mass is 32.2. The molecule has 0 aliphatic carbocycles. The molecular weight excluding hydrogens is 352 g/mol. The zero-order valence-corrected chi connectivity index (χ0v) is 15.5. The van der Waals surface area contributed by atoms with Gasteiger partial charge in [-0.3, -0.25) is 9.10 Å². The third kappa shape index (κ3) is 4.32. The molecule has 8 heteroatoms. The van der Waals surface area contributed by atoms with Crippen molar-refractivity contribution < 1.29 is 13.2 Å². The van der Waals surface area contributed by atoms with Crippen molar-refractivity contribution in [3.63, 3.8) is 0 Å². The van der Waals surface area contributed by atoms with Crippen LogP contribution < -0.4 is 9.21 Å². The van der Waals surface area contributed by atoms with Crippen molar-refractivity contribution in [3.05, 3.63) is 54.7 Å². The number of hydrogen-bond acceptors (Lipinski definition) is 5. The summed E-state index contributed by atoms with van der Waals surface area (Å²) >= 11 is 0. The first-order valence-electron chi connectivity index (χ1n) is 8.41. The number of anilines is 2. The van der Waals surface area contributed by atoms with E-state index in [1.165, 1.54) is 0 Å². The minimum Gasteiger partial charge on any atom is -0.353 e. The summed E-state index contributed by atoms with van der Waals surface area (Å²) in [5.74, 6) is 0.696. The zero-order valence-electron chi connectivity index (χ0n) is 14.7. The van der Waals surface area contributed by atoms with Crippen LogP contribution in [0.15, 0.2) is 54.7 Å². The average molecular weight is 374 g/mol. The Balaban J connectivity index is 1.64. The Labute approximate surface area is 153 Å². The summed E-state index contributed by atoms with van der Waals surface area (Å²) in [4.78, 5) is 20.8. The Morgan fingerprint density at radius 1 is 1.04 bits per heavy atom. The number of piperazine rings is 1. The number of aromatic nitrogens is 1. The predicted octanol–water partition coefficient (Wildman–Crippen LogP) is 1.20. The lowest BCUT2D eigenvalue weighted by Gasteiger charge is -2.36. The number of carbonyl (C=O) groups is 1. The minimum absolute atomic E-state index is 0.188. The molecule has 138 valence electrons. The van der Waals surface area contributed by atoms with Crippen LogP contribution in [0.5, 0.6) is 0 Å². The van der Waals surface area contributed by atoms with Crippen molar-refractivity contribution in [2.24, 2.45) is 0 Å². The summed E-state index contributed by atoms with van der Waals surface area (Å²) in [6.07, 6.45) is 2.86. The fourth-order valence-electron chi connectivity index (χ4n) is 2.94. The van der Waals surface area contributed by atoms with Crippen molar-refractivity contribution in [2.75, 3.05) is 48.2 Å². The van der Waals surface area contributed by atoms with Crippen molar-refractivity contribution in [1.29, 1.82) is 0 Å². The van der Waals surface area contributed by atoms with E-state index in [9.17, 15) is 13.2 Å². The van der Waals surface area contributed by atoms with Crippen molar-refractivity contribution in [2.45, 2.75) is 0 Å². The molecule has 0 bridgehead atoms. The molecule has 0 saturated carbocycles. The maximum Gasteiger partial charge on any atom is 0.243 e. The molecule has 1 aromatic heterocycles. The Kier molecular flexibility index (Phi) is 5.41. The summed E-state index contributed by atoms with van der Waals surface area (Å²) < 4.78 is 25.4. The third-order valence-corrected chi connectivity index (χ3v) is 5.47. The van der Waals surface area contributed by atoms with E-state index in [1.54, 1.807) is 35.4 Å². The zero-order chi connectivity index (χ0) is 18.6. The van der Waals surface area contributed by atoms with Gasteiger partial charge in [-0.15, -0.1) is 0 Å². The molecule has 7 nitrogen and oxygen atoms in total. The lowest BCUT2D eigenvalue weighted by atomic mass is 10.3. The number of sulfonamides is 1. The van der Waals surface area contributed by atoms with Gasteiger partial charge >= 0.3 is 0 Å². The van der Waals surface area contributed by atoms with E-state index in [0.29, 0.717) is 31.9 Å². The van der Waals surface area contributed by atoms with Crippen molar-refractivity contribution in [3.8, 4) is 0 Å². The maximum absolute atomic E-state index is 12.7. The number of rotatable bonds is 5. The fourth-order valence-corrected chi connectivity index (χ4v) is 3.79. The summed E-state index contributed by atoms with van der Waals surface area (Å²) in [7, 11) is -3.54. The van der Waals surface area contributed by atoms with Crippen LogP contribution >= 0.6 is 0 Å². The number of pyridine rings is 1. The summed E-state index contributed by atoms with van der Waals surface area (Å²) in [5, 5.41) is 0. The first kappa shape index (κ1) is 18.2. The van der Waals surface area contributed by atoms with Gasteiger partial charge in [0.25, 0.3) is 0 Å². The van der Waals surface area contributed by atoms with Gasteiger partial charge in [0, 0.05) is 32.4 Å². The predicted molar refractivity (Wildman–Crippen MR) is 102 cm³/mol. The van der Waals surface area contributed by atoms with Gasteiger partial charge in [0.1, 0.15) is 12.4 Å². The van der Waals surface area contributed by atoms with E-state index in [2.05, 4.69) is 9.88 Å². The first-order valence-corrected chi connectivity index (χ1v) is 10.3. The van der Waals surface area contributed by atoms with Gasteiger partial charge in [-0.1, -0.05) is 24.3 Å². The lowest BCUT2D eigenvalue weighted by Crippen LogP contribution is -2.52. The molecule has 0 atom stereocenters. The molecule has 0 unspecified atom stereocenters. The van der Waals surface area contributed by atoms with Gasteiger partial charge in [0.2, 0.25) is 15.9 Å². The summed E-state index contributed by atoms with van der Waals surface area (Å²) in [6, 6.07) is 14.4. The smallest absolute Gasteiger partial charge is 0.243 e. The number of benzene rings is 1. The molecule has 1 saturated heterocycles. The van der Waals surface area contributed by atoms with E-state index >= 15 is 0 Å². The third-order valence-electron chi connectivity index (χ3n) is 4.33. The van der Waals surface area contributed by atoms with E-state index in [0.717, 1.165) is 16.4 Å². The lowest BCUT2D eigenvalue weighted by molar-refractivity contribution is -0.129. The Bertz CT molecular complexity index is 835. The standard InChI is InChI=1S/C18H22N4O3S/c1-26(24,25)22(16-7-3-2-4-8-16)15-18(23)21-13-11-20(12-14-21)17-9-5-6-10-19-17/h2-10H,11-15H2,1H3. The second-order valence-corrected chi connectivity index (χ2v) is 8.07. The van der Waals surface area contributed by atoms with Gasteiger partial charge in [-0.2, -0.15) is 0 Å². The number of para-hydroxylation sites is 1. The normalized spacial score (nSPS) is 15.0. The molecule has 0 spiro atoms. The maximum atomic E-state index is 12.7. The minimum atomic E-state index is -3.54. The van der Waals surface area contributed by atoms with Crippen molar-refractivity contribution >= 4 is 27.4 Å². The molecule has 1 aliphatic heterocycles. The fraction of sp³-hybridized carbons (Fsp3) is 0.333.